The lowest BCUT2D eigenvalue weighted by Crippen LogP contribution is -2.30. The summed E-state index contributed by atoms with van der Waals surface area (Å²) in [6.07, 6.45) is 2.08. The standard InChI is InChI=1S/C13H22O3/c1-9(11-3-5-15-7-11)13(14)10(2)12-4-6-16-8-12/h9-12H,3-8H2,1-2H3. The molecule has 4 atom stereocenters. The van der Waals surface area contributed by atoms with E-state index in [0.717, 1.165) is 39.3 Å². The van der Waals surface area contributed by atoms with E-state index in [0.29, 0.717) is 17.6 Å². The van der Waals surface area contributed by atoms with E-state index in [1.165, 1.54) is 0 Å². The maximum atomic E-state index is 12.3. The third-order valence-corrected chi connectivity index (χ3v) is 4.24. The van der Waals surface area contributed by atoms with Crippen LogP contribution in [0.15, 0.2) is 0 Å². The number of carbonyl (C=O) groups is 1. The van der Waals surface area contributed by atoms with Gasteiger partial charge >= 0.3 is 0 Å². The van der Waals surface area contributed by atoms with Gasteiger partial charge in [-0.15, -0.1) is 0 Å². The SMILES string of the molecule is CC(C(=O)C(C)C1CCOC1)C1CCOC1. The molecule has 16 heavy (non-hydrogen) atoms. The first kappa shape index (κ1) is 12.1. The molecule has 2 aliphatic heterocycles. The fourth-order valence-corrected chi connectivity index (χ4v) is 2.77. The van der Waals surface area contributed by atoms with Crippen molar-refractivity contribution in [2.75, 3.05) is 26.4 Å². The second kappa shape index (κ2) is 5.28. The van der Waals surface area contributed by atoms with Crippen LogP contribution in [0.3, 0.4) is 0 Å². The van der Waals surface area contributed by atoms with E-state index in [1.54, 1.807) is 0 Å². The first-order chi connectivity index (χ1) is 7.70. The number of ketones is 1. The first-order valence-electron chi connectivity index (χ1n) is 6.39. The summed E-state index contributed by atoms with van der Waals surface area (Å²) in [5, 5.41) is 0. The summed E-state index contributed by atoms with van der Waals surface area (Å²) >= 11 is 0. The molecule has 0 spiro atoms. The lowest BCUT2D eigenvalue weighted by atomic mass is 9.79. The van der Waals surface area contributed by atoms with Crippen LogP contribution in [0.2, 0.25) is 0 Å². The third kappa shape index (κ3) is 2.46. The smallest absolute Gasteiger partial charge is 0.139 e. The van der Waals surface area contributed by atoms with Crippen molar-refractivity contribution in [2.24, 2.45) is 23.7 Å². The van der Waals surface area contributed by atoms with Crippen molar-refractivity contribution in [1.29, 1.82) is 0 Å². The van der Waals surface area contributed by atoms with Gasteiger partial charge in [0.1, 0.15) is 5.78 Å². The Bertz CT molecular complexity index is 216. The Morgan fingerprint density at radius 2 is 1.44 bits per heavy atom. The van der Waals surface area contributed by atoms with E-state index in [9.17, 15) is 4.79 Å². The van der Waals surface area contributed by atoms with Crippen LogP contribution in [0.5, 0.6) is 0 Å². The van der Waals surface area contributed by atoms with Gasteiger partial charge in [0.25, 0.3) is 0 Å². The van der Waals surface area contributed by atoms with Crippen molar-refractivity contribution < 1.29 is 14.3 Å². The minimum atomic E-state index is 0.151. The highest BCUT2D eigenvalue weighted by Crippen LogP contribution is 2.30. The quantitative estimate of drug-likeness (QED) is 0.734. The predicted octanol–water partition coefficient (Wildman–Crippen LogP) is 1.90. The fourth-order valence-electron chi connectivity index (χ4n) is 2.77. The Hall–Kier alpha value is -0.410. The molecule has 3 heteroatoms. The number of hydrogen-bond donors (Lipinski definition) is 0. The second-order valence-corrected chi connectivity index (χ2v) is 5.23. The van der Waals surface area contributed by atoms with Gasteiger partial charge in [-0.05, 0) is 24.7 Å². The van der Waals surface area contributed by atoms with Crippen molar-refractivity contribution in [3.05, 3.63) is 0 Å². The summed E-state index contributed by atoms with van der Waals surface area (Å²) in [6.45, 7) is 7.30. The number of rotatable bonds is 4. The zero-order valence-corrected chi connectivity index (χ0v) is 10.3. The van der Waals surface area contributed by atoms with Gasteiger partial charge in [0.15, 0.2) is 0 Å². The maximum Gasteiger partial charge on any atom is 0.139 e. The first-order valence-corrected chi connectivity index (χ1v) is 6.39. The number of Topliss-reactive ketones (excluding diaryl/α,β-unsaturated/α-hetero) is 1. The molecular weight excluding hydrogens is 204 g/mol. The lowest BCUT2D eigenvalue weighted by Gasteiger charge is -2.23. The summed E-state index contributed by atoms with van der Waals surface area (Å²) in [5.74, 6) is 1.59. The van der Waals surface area contributed by atoms with Crippen molar-refractivity contribution in [2.45, 2.75) is 26.7 Å². The van der Waals surface area contributed by atoms with Gasteiger partial charge in [-0.25, -0.2) is 0 Å². The summed E-state index contributed by atoms with van der Waals surface area (Å²) in [6, 6.07) is 0. The van der Waals surface area contributed by atoms with E-state index in [1.807, 2.05) is 0 Å². The molecular formula is C13H22O3. The Morgan fingerprint density at radius 3 is 1.75 bits per heavy atom. The van der Waals surface area contributed by atoms with Crippen LogP contribution in [-0.4, -0.2) is 32.2 Å². The minimum absolute atomic E-state index is 0.151. The molecule has 2 heterocycles. The number of ether oxygens (including phenoxy) is 2. The van der Waals surface area contributed by atoms with E-state index in [4.69, 9.17) is 9.47 Å². The van der Waals surface area contributed by atoms with Gasteiger partial charge in [-0.2, -0.15) is 0 Å². The number of hydrogen-bond acceptors (Lipinski definition) is 3. The van der Waals surface area contributed by atoms with Crippen LogP contribution >= 0.6 is 0 Å². The molecule has 2 saturated heterocycles. The van der Waals surface area contributed by atoms with Gasteiger partial charge < -0.3 is 9.47 Å². The molecule has 3 nitrogen and oxygen atoms in total. The Morgan fingerprint density at radius 1 is 1.00 bits per heavy atom. The van der Waals surface area contributed by atoms with Crippen LogP contribution in [-0.2, 0) is 14.3 Å². The van der Waals surface area contributed by atoms with Gasteiger partial charge in [0.2, 0.25) is 0 Å². The normalized spacial score (nSPS) is 33.9. The topological polar surface area (TPSA) is 35.5 Å². The largest absolute Gasteiger partial charge is 0.381 e. The summed E-state index contributed by atoms with van der Waals surface area (Å²) in [5.41, 5.74) is 0. The molecule has 0 N–H and O–H groups in total. The predicted molar refractivity (Wildman–Crippen MR) is 61.2 cm³/mol. The van der Waals surface area contributed by atoms with Crippen LogP contribution < -0.4 is 0 Å². The molecule has 0 aromatic rings. The monoisotopic (exact) mass is 226 g/mol. The van der Waals surface area contributed by atoms with Crippen molar-refractivity contribution in [3.63, 3.8) is 0 Å². The van der Waals surface area contributed by atoms with Crippen molar-refractivity contribution >= 4 is 5.78 Å². The van der Waals surface area contributed by atoms with E-state index < -0.39 is 0 Å². The van der Waals surface area contributed by atoms with E-state index >= 15 is 0 Å². The minimum Gasteiger partial charge on any atom is -0.381 e. The summed E-state index contributed by atoms with van der Waals surface area (Å²) in [7, 11) is 0. The fraction of sp³-hybridized carbons (Fsp3) is 0.923. The molecule has 2 rings (SSSR count). The lowest BCUT2D eigenvalue weighted by molar-refractivity contribution is -0.129. The van der Waals surface area contributed by atoms with E-state index in [2.05, 4.69) is 13.8 Å². The highest BCUT2D eigenvalue weighted by molar-refractivity contribution is 5.83. The van der Waals surface area contributed by atoms with Crippen LogP contribution in [0, 0.1) is 23.7 Å². The molecule has 0 radical (unpaired) electrons. The van der Waals surface area contributed by atoms with Gasteiger partial charge in [-0.3, -0.25) is 4.79 Å². The molecule has 0 amide bonds. The molecule has 4 unspecified atom stereocenters. The van der Waals surface area contributed by atoms with Crippen LogP contribution in [0.25, 0.3) is 0 Å². The Kier molecular flexibility index (Phi) is 3.98. The third-order valence-electron chi connectivity index (χ3n) is 4.24. The zero-order chi connectivity index (χ0) is 11.5. The number of carbonyl (C=O) groups excluding carboxylic acids is 1. The summed E-state index contributed by atoms with van der Waals surface area (Å²) < 4.78 is 10.7. The molecule has 2 aliphatic rings. The van der Waals surface area contributed by atoms with Crippen molar-refractivity contribution in [1.82, 2.24) is 0 Å². The zero-order valence-electron chi connectivity index (χ0n) is 10.3. The van der Waals surface area contributed by atoms with Crippen LogP contribution in [0.1, 0.15) is 26.7 Å². The Labute approximate surface area is 97.5 Å². The molecule has 0 bridgehead atoms. The molecule has 92 valence electrons. The molecule has 0 saturated carbocycles. The van der Waals surface area contributed by atoms with Crippen molar-refractivity contribution in [3.8, 4) is 0 Å². The summed E-state index contributed by atoms with van der Waals surface area (Å²) in [4.78, 5) is 12.3. The van der Waals surface area contributed by atoms with Crippen LogP contribution in [0.4, 0.5) is 0 Å². The average molecular weight is 226 g/mol. The van der Waals surface area contributed by atoms with Gasteiger partial charge in [0.05, 0.1) is 13.2 Å². The highest BCUT2D eigenvalue weighted by atomic mass is 16.5. The second-order valence-electron chi connectivity index (χ2n) is 5.23. The molecule has 0 aromatic carbocycles. The molecule has 2 fully saturated rings. The maximum absolute atomic E-state index is 12.3. The Balaban J connectivity index is 1.89. The van der Waals surface area contributed by atoms with Gasteiger partial charge in [-0.1, -0.05) is 13.8 Å². The van der Waals surface area contributed by atoms with E-state index in [-0.39, 0.29) is 11.8 Å². The van der Waals surface area contributed by atoms with Gasteiger partial charge in [0, 0.05) is 25.0 Å². The average Bonchev–Trinajstić information content (AvgIpc) is 2.97. The molecule has 0 aromatic heterocycles. The molecule has 0 aliphatic carbocycles. The highest BCUT2D eigenvalue weighted by Gasteiger charge is 2.34.